The Labute approximate surface area is 117 Å². The second-order valence-electron chi connectivity index (χ2n) is 3.86. The van der Waals surface area contributed by atoms with Crippen LogP contribution < -0.4 is 10.5 Å². The number of ether oxygens (including phenoxy) is 1. The van der Waals surface area contributed by atoms with Crippen LogP contribution in [-0.2, 0) is 6.61 Å². The van der Waals surface area contributed by atoms with Crippen molar-refractivity contribution in [2.75, 3.05) is 0 Å². The van der Waals surface area contributed by atoms with Gasteiger partial charge in [-0.25, -0.2) is 4.39 Å². The van der Waals surface area contributed by atoms with E-state index < -0.39 is 0 Å². The predicted octanol–water partition coefficient (Wildman–Crippen LogP) is 3.11. The first-order valence-electron chi connectivity index (χ1n) is 5.47. The standard InChI is InChI=1S/C14H13FN2O.ClH/c15-12-3-1-2-10(8-12)9-18-13-6-4-11(5-7-13)14(16)17;/h1-8H,9H2,(H3,16,17);1H. The Hall–Kier alpha value is -2.07. The SMILES string of the molecule is Cl.N=C(N)c1ccc(OCc2cccc(F)c2)cc1. The molecule has 0 amide bonds. The van der Waals surface area contributed by atoms with Crippen molar-refractivity contribution in [1.29, 1.82) is 5.41 Å². The van der Waals surface area contributed by atoms with Gasteiger partial charge >= 0.3 is 0 Å². The molecule has 0 radical (unpaired) electrons. The van der Waals surface area contributed by atoms with Crippen molar-refractivity contribution in [3.05, 3.63) is 65.5 Å². The molecule has 2 rings (SSSR count). The maximum atomic E-state index is 12.9. The van der Waals surface area contributed by atoms with Crippen LogP contribution in [-0.4, -0.2) is 5.84 Å². The van der Waals surface area contributed by atoms with Gasteiger partial charge in [0.25, 0.3) is 0 Å². The molecular weight excluding hydrogens is 267 g/mol. The molecule has 0 atom stereocenters. The van der Waals surface area contributed by atoms with Gasteiger partial charge in [0, 0.05) is 5.56 Å². The van der Waals surface area contributed by atoms with Crippen LogP contribution >= 0.6 is 12.4 Å². The number of hydrogen-bond donors (Lipinski definition) is 2. The highest BCUT2D eigenvalue weighted by atomic mass is 35.5. The Kier molecular flexibility index (Phi) is 5.33. The predicted molar refractivity (Wildman–Crippen MR) is 75.4 cm³/mol. The minimum absolute atomic E-state index is 0. The molecule has 2 aromatic rings. The maximum absolute atomic E-state index is 12.9. The maximum Gasteiger partial charge on any atom is 0.123 e. The number of halogens is 2. The van der Waals surface area contributed by atoms with Gasteiger partial charge in [-0.05, 0) is 42.0 Å². The minimum Gasteiger partial charge on any atom is -0.489 e. The molecule has 2 aromatic carbocycles. The van der Waals surface area contributed by atoms with E-state index in [0.29, 0.717) is 17.9 Å². The molecular formula is C14H14ClFN2O. The van der Waals surface area contributed by atoms with Gasteiger partial charge in [-0.2, -0.15) is 0 Å². The van der Waals surface area contributed by atoms with Crippen LogP contribution in [0.25, 0.3) is 0 Å². The zero-order valence-corrected chi connectivity index (χ0v) is 10.9. The molecule has 0 spiro atoms. The molecule has 0 bridgehead atoms. The van der Waals surface area contributed by atoms with Crippen molar-refractivity contribution in [2.45, 2.75) is 6.61 Å². The number of nitrogens with one attached hydrogen (secondary N) is 1. The lowest BCUT2D eigenvalue weighted by molar-refractivity contribution is 0.305. The number of nitrogen functional groups attached to an aromatic ring is 1. The molecule has 0 aromatic heterocycles. The van der Waals surface area contributed by atoms with Crippen LogP contribution in [0.5, 0.6) is 5.75 Å². The van der Waals surface area contributed by atoms with E-state index in [-0.39, 0.29) is 24.1 Å². The summed E-state index contributed by atoms with van der Waals surface area (Å²) < 4.78 is 18.4. The van der Waals surface area contributed by atoms with Crippen molar-refractivity contribution >= 4 is 18.2 Å². The van der Waals surface area contributed by atoms with Crippen molar-refractivity contribution in [2.24, 2.45) is 5.73 Å². The fraction of sp³-hybridized carbons (Fsp3) is 0.0714. The second-order valence-corrected chi connectivity index (χ2v) is 3.86. The van der Waals surface area contributed by atoms with Crippen LogP contribution in [0.1, 0.15) is 11.1 Å². The fourth-order valence-electron chi connectivity index (χ4n) is 1.52. The van der Waals surface area contributed by atoms with E-state index in [1.165, 1.54) is 12.1 Å². The number of rotatable bonds is 4. The van der Waals surface area contributed by atoms with Gasteiger partial charge in [-0.1, -0.05) is 12.1 Å². The van der Waals surface area contributed by atoms with Crippen molar-refractivity contribution in [3.8, 4) is 5.75 Å². The van der Waals surface area contributed by atoms with Gasteiger partial charge in [-0.3, -0.25) is 5.41 Å². The highest BCUT2D eigenvalue weighted by Crippen LogP contribution is 2.14. The monoisotopic (exact) mass is 280 g/mol. The minimum atomic E-state index is -0.275. The van der Waals surface area contributed by atoms with Gasteiger partial charge < -0.3 is 10.5 Å². The Morgan fingerprint density at radius 1 is 1.16 bits per heavy atom. The van der Waals surface area contributed by atoms with E-state index in [0.717, 1.165) is 5.56 Å². The molecule has 3 N–H and O–H groups in total. The van der Waals surface area contributed by atoms with Crippen molar-refractivity contribution in [1.82, 2.24) is 0 Å². The summed E-state index contributed by atoms with van der Waals surface area (Å²) in [5.74, 6) is 0.402. The van der Waals surface area contributed by atoms with Crippen molar-refractivity contribution < 1.29 is 9.13 Å². The first-order valence-corrected chi connectivity index (χ1v) is 5.47. The summed E-state index contributed by atoms with van der Waals surface area (Å²) in [6.07, 6.45) is 0. The number of benzene rings is 2. The summed E-state index contributed by atoms with van der Waals surface area (Å²) in [7, 11) is 0. The average Bonchev–Trinajstić information content (AvgIpc) is 2.37. The van der Waals surface area contributed by atoms with Gasteiger partial charge in [0.15, 0.2) is 0 Å². The lowest BCUT2D eigenvalue weighted by Crippen LogP contribution is -2.10. The Bertz CT molecular complexity index is 558. The summed E-state index contributed by atoms with van der Waals surface area (Å²) in [6.45, 7) is 0.303. The number of nitrogens with two attached hydrogens (primary N) is 1. The van der Waals surface area contributed by atoms with E-state index in [1.54, 1.807) is 36.4 Å². The van der Waals surface area contributed by atoms with E-state index >= 15 is 0 Å². The first kappa shape index (κ1) is 15.0. The summed E-state index contributed by atoms with van der Waals surface area (Å²) in [5.41, 5.74) is 6.76. The third kappa shape index (κ3) is 4.26. The third-order valence-corrected chi connectivity index (χ3v) is 2.46. The van der Waals surface area contributed by atoms with E-state index in [9.17, 15) is 4.39 Å². The highest BCUT2D eigenvalue weighted by molar-refractivity contribution is 5.94. The molecule has 0 saturated heterocycles. The van der Waals surface area contributed by atoms with Crippen LogP contribution in [0.2, 0.25) is 0 Å². The molecule has 3 nitrogen and oxygen atoms in total. The fourth-order valence-corrected chi connectivity index (χ4v) is 1.52. The molecule has 0 aliphatic carbocycles. The quantitative estimate of drug-likeness (QED) is 0.668. The Morgan fingerprint density at radius 3 is 2.42 bits per heavy atom. The Morgan fingerprint density at radius 2 is 1.84 bits per heavy atom. The van der Waals surface area contributed by atoms with Crippen LogP contribution in [0.4, 0.5) is 4.39 Å². The normalized spacial score (nSPS) is 9.53. The van der Waals surface area contributed by atoms with Gasteiger partial charge in [-0.15, -0.1) is 12.4 Å². The van der Waals surface area contributed by atoms with Gasteiger partial charge in [0.05, 0.1) is 0 Å². The summed E-state index contributed by atoms with van der Waals surface area (Å²) >= 11 is 0. The summed E-state index contributed by atoms with van der Waals surface area (Å²) in [4.78, 5) is 0. The Balaban J connectivity index is 0.00000180. The molecule has 0 aliphatic rings. The largest absolute Gasteiger partial charge is 0.489 e. The van der Waals surface area contributed by atoms with Crippen molar-refractivity contribution in [3.63, 3.8) is 0 Å². The molecule has 100 valence electrons. The molecule has 0 saturated carbocycles. The topological polar surface area (TPSA) is 59.1 Å². The average molecular weight is 281 g/mol. The smallest absolute Gasteiger partial charge is 0.123 e. The molecule has 0 heterocycles. The van der Waals surface area contributed by atoms with E-state index in [4.69, 9.17) is 15.9 Å². The zero-order valence-electron chi connectivity index (χ0n) is 10.1. The first-order chi connectivity index (χ1) is 8.65. The lowest BCUT2D eigenvalue weighted by Gasteiger charge is -2.07. The molecule has 0 fully saturated rings. The van der Waals surface area contributed by atoms with Gasteiger partial charge in [0.1, 0.15) is 24.0 Å². The van der Waals surface area contributed by atoms with E-state index in [1.807, 2.05) is 0 Å². The molecule has 5 heteroatoms. The summed E-state index contributed by atoms with van der Waals surface area (Å²) in [6, 6.07) is 13.2. The molecule has 19 heavy (non-hydrogen) atoms. The zero-order chi connectivity index (χ0) is 13.0. The number of amidine groups is 1. The molecule has 0 unspecified atom stereocenters. The highest BCUT2D eigenvalue weighted by Gasteiger charge is 1.99. The number of hydrogen-bond acceptors (Lipinski definition) is 2. The van der Waals surface area contributed by atoms with Crippen LogP contribution in [0.3, 0.4) is 0 Å². The van der Waals surface area contributed by atoms with E-state index in [2.05, 4.69) is 0 Å². The third-order valence-electron chi connectivity index (χ3n) is 2.46. The summed E-state index contributed by atoms with van der Waals surface area (Å²) in [5, 5.41) is 7.26. The lowest BCUT2D eigenvalue weighted by atomic mass is 10.2. The van der Waals surface area contributed by atoms with Gasteiger partial charge in [0.2, 0.25) is 0 Å². The molecule has 0 aliphatic heterocycles. The van der Waals surface area contributed by atoms with Crippen LogP contribution in [0, 0.1) is 11.2 Å². The van der Waals surface area contributed by atoms with Crippen LogP contribution in [0.15, 0.2) is 48.5 Å². The second kappa shape index (κ2) is 6.75.